The summed E-state index contributed by atoms with van der Waals surface area (Å²) in [5.74, 6) is -0.0163. The first-order valence-electron chi connectivity index (χ1n) is 5.12. The summed E-state index contributed by atoms with van der Waals surface area (Å²) < 4.78 is 6.25. The van der Waals surface area contributed by atoms with Crippen molar-refractivity contribution < 1.29 is 19.2 Å². The molecule has 5 nitrogen and oxygen atoms in total. The van der Waals surface area contributed by atoms with Crippen LogP contribution in [0.3, 0.4) is 0 Å². The third kappa shape index (κ3) is 7.08. The molecule has 0 aliphatic heterocycles. The van der Waals surface area contributed by atoms with Crippen molar-refractivity contribution in [3.8, 4) is 0 Å². The minimum Gasteiger partial charge on any atom is -0.548 e. The number of carboxylic acid groups (broad SMARTS) is 1. The number of hydrogen-bond acceptors (Lipinski definition) is 3. The van der Waals surface area contributed by atoms with Gasteiger partial charge in [0.25, 0.3) is 5.82 Å². The van der Waals surface area contributed by atoms with Crippen LogP contribution in [0.5, 0.6) is 0 Å². The van der Waals surface area contributed by atoms with Gasteiger partial charge in [-0.3, -0.25) is 0 Å². The van der Waals surface area contributed by atoms with E-state index >= 15 is 0 Å². The number of carboxylic acids is 1. The largest absolute Gasteiger partial charge is 0.548 e. The SMILES string of the molecule is C=CCc1[nH]cc[n+]1CC=C.COCC(=O)[O-]. The maximum atomic E-state index is 9.36. The number of nitrogens with zero attached hydrogens (tertiary/aromatic N) is 1. The first-order chi connectivity index (χ1) is 8.15. The number of hydrogen-bond donors (Lipinski definition) is 1. The number of nitrogens with one attached hydrogen (secondary N) is 1. The van der Waals surface area contributed by atoms with Crippen molar-refractivity contribution in [2.24, 2.45) is 0 Å². The molecule has 1 rings (SSSR count). The van der Waals surface area contributed by atoms with Gasteiger partial charge in [0.1, 0.15) is 18.9 Å². The predicted molar refractivity (Wildman–Crippen MR) is 62.0 cm³/mol. The number of aromatic amines is 1. The average molecular weight is 238 g/mol. The Morgan fingerprint density at radius 2 is 2.29 bits per heavy atom. The van der Waals surface area contributed by atoms with Gasteiger partial charge in [-0.1, -0.05) is 18.7 Å². The van der Waals surface area contributed by atoms with Crippen LogP contribution in [0.1, 0.15) is 5.82 Å². The van der Waals surface area contributed by atoms with Gasteiger partial charge in [0.15, 0.2) is 0 Å². The molecule has 0 aliphatic rings. The number of carbonyl (C=O) groups is 1. The van der Waals surface area contributed by atoms with E-state index in [2.05, 4.69) is 27.4 Å². The number of allylic oxidation sites excluding steroid dienone is 2. The fraction of sp³-hybridized carbons (Fsp3) is 0.333. The molecule has 1 aromatic heterocycles. The van der Waals surface area contributed by atoms with Crippen LogP contribution < -0.4 is 9.67 Å². The fourth-order valence-corrected chi connectivity index (χ4v) is 1.14. The highest BCUT2D eigenvalue weighted by Gasteiger charge is 2.04. The molecule has 1 heterocycles. The number of methoxy groups -OCH3 is 1. The summed E-state index contributed by atoms with van der Waals surface area (Å²) in [7, 11) is 1.30. The Labute approximate surface area is 101 Å². The molecule has 1 N–H and O–H groups in total. The molecule has 0 atom stereocenters. The topological polar surface area (TPSA) is 69.0 Å². The number of rotatable bonds is 6. The van der Waals surface area contributed by atoms with E-state index in [4.69, 9.17) is 0 Å². The van der Waals surface area contributed by atoms with Gasteiger partial charge in [0, 0.05) is 7.11 Å². The lowest BCUT2D eigenvalue weighted by molar-refractivity contribution is -0.692. The molecule has 0 radical (unpaired) electrons. The number of carbonyl (C=O) groups excluding carboxylic acids is 1. The second-order valence-corrected chi connectivity index (χ2v) is 3.15. The zero-order chi connectivity index (χ0) is 13.1. The van der Waals surface area contributed by atoms with Crippen LogP contribution in [0.4, 0.5) is 0 Å². The van der Waals surface area contributed by atoms with Gasteiger partial charge in [-0.05, 0) is 0 Å². The number of aromatic nitrogens is 2. The molecule has 0 amide bonds. The van der Waals surface area contributed by atoms with Gasteiger partial charge in [0.05, 0.1) is 19.0 Å². The van der Waals surface area contributed by atoms with Gasteiger partial charge < -0.3 is 14.6 Å². The normalized spacial score (nSPS) is 9.00. The third-order valence-corrected chi connectivity index (χ3v) is 1.78. The zero-order valence-electron chi connectivity index (χ0n) is 10.0. The van der Waals surface area contributed by atoms with Crippen molar-refractivity contribution in [1.29, 1.82) is 0 Å². The maximum absolute atomic E-state index is 9.36. The van der Waals surface area contributed by atoms with Gasteiger partial charge in [-0.25, -0.2) is 9.55 Å². The Morgan fingerprint density at radius 1 is 1.59 bits per heavy atom. The van der Waals surface area contributed by atoms with E-state index in [9.17, 15) is 9.90 Å². The molecule has 0 saturated carbocycles. The van der Waals surface area contributed by atoms with Crippen molar-refractivity contribution in [3.63, 3.8) is 0 Å². The second kappa shape index (κ2) is 9.35. The van der Waals surface area contributed by atoms with Crippen molar-refractivity contribution in [2.45, 2.75) is 13.0 Å². The van der Waals surface area contributed by atoms with E-state index in [0.29, 0.717) is 0 Å². The van der Waals surface area contributed by atoms with Crippen molar-refractivity contribution >= 4 is 5.97 Å². The molecule has 0 unspecified atom stereocenters. The molecule has 0 aliphatic carbocycles. The van der Waals surface area contributed by atoms with E-state index < -0.39 is 5.97 Å². The zero-order valence-corrected chi connectivity index (χ0v) is 10.0. The lowest BCUT2D eigenvalue weighted by Gasteiger charge is -1.94. The molecule has 1 aromatic rings. The van der Waals surface area contributed by atoms with Crippen LogP contribution in [-0.2, 0) is 22.5 Å². The van der Waals surface area contributed by atoms with E-state index in [1.807, 2.05) is 24.5 Å². The minimum atomic E-state index is -1.18. The standard InChI is InChI=1S/C9H12N2.C3H6O3/c1-3-5-9-10-6-8-11(9)7-4-2;1-6-2-3(4)5/h3-4,6,8H,1-2,5,7H2;2H2,1H3,(H,4,5). The summed E-state index contributed by atoms with van der Waals surface area (Å²) in [6.45, 7) is 7.89. The summed E-state index contributed by atoms with van der Waals surface area (Å²) >= 11 is 0. The molecule has 0 bridgehead atoms. The Bertz CT molecular complexity index is 334. The number of aliphatic carboxylic acids is 1. The Kier molecular flexibility index (Phi) is 8.32. The molecule has 17 heavy (non-hydrogen) atoms. The van der Waals surface area contributed by atoms with Crippen molar-refractivity contribution in [2.75, 3.05) is 13.7 Å². The lowest BCUT2D eigenvalue weighted by atomic mass is 10.4. The molecule has 5 heteroatoms. The van der Waals surface area contributed by atoms with E-state index in [1.54, 1.807) is 0 Å². The van der Waals surface area contributed by atoms with Crippen LogP contribution in [0.25, 0.3) is 0 Å². The highest BCUT2D eigenvalue weighted by molar-refractivity contribution is 5.65. The van der Waals surface area contributed by atoms with Crippen LogP contribution in [0.2, 0.25) is 0 Å². The molecule has 0 fully saturated rings. The van der Waals surface area contributed by atoms with Crippen LogP contribution in [0.15, 0.2) is 37.7 Å². The maximum Gasteiger partial charge on any atom is 0.258 e. The molecule has 0 spiro atoms. The fourth-order valence-electron chi connectivity index (χ4n) is 1.14. The monoisotopic (exact) mass is 238 g/mol. The molecule has 0 saturated heterocycles. The quantitative estimate of drug-likeness (QED) is 0.541. The van der Waals surface area contributed by atoms with Crippen molar-refractivity contribution in [1.82, 2.24) is 4.98 Å². The third-order valence-electron chi connectivity index (χ3n) is 1.78. The number of imidazole rings is 1. The Morgan fingerprint density at radius 3 is 2.71 bits per heavy atom. The van der Waals surface area contributed by atoms with Gasteiger partial charge in [-0.15, -0.1) is 6.58 Å². The minimum absolute atomic E-state index is 0.319. The number of ether oxygens (including phenoxy) is 1. The lowest BCUT2D eigenvalue weighted by Crippen LogP contribution is -2.34. The van der Waals surface area contributed by atoms with E-state index in [0.717, 1.165) is 13.0 Å². The van der Waals surface area contributed by atoms with Crippen LogP contribution in [-0.4, -0.2) is 24.7 Å². The Hall–Kier alpha value is -1.88. The van der Waals surface area contributed by atoms with Gasteiger partial charge >= 0.3 is 0 Å². The smallest absolute Gasteiger partial charge is 0.258 e. The van der Waals surface area contributed by atoms with E-state index in [-0.39, 0.29) is 6.61 Å². The Balaban J connectivity index is 0.000000366. The number of H-pyrrole nitrogens is 1. The van der Waals surface area contributed by atoms with Gasteiger partial charge in [0.2, 0.25) is 0 Å². The first kappa shape index (κ1) is 15.1. The highest BCUT2D eigenvalue weighted by atomic mass is 16.5. The molecular formula is C12H18N2O3. The summed E-state index contributed by atoms with van der Waals surface area (Å²) in [5, 5.41) is 9.36. The summed E-state index contributed by atoms with van der Waals surface area (Å²) in [5.41, 5.74) is 0. The van der Waals surface area contributed by atoms with Crippen LogP contribution in [0, 0.1) is 0 Å². The first-order valence-corrected chi connectivity index (χ1v) is 5.12. The molecule has 94 valence electrons. The highest BCUT2D eigenvalue weighted by Crippen LogP contribution is 1.88. The predicted octanol–water partition coefficient (Wildman–Crippen LogP) is -0.401. The van der Waals surface area contributed by atoms with Gasteiger partial charge in [-0.2, -0.15) is 0 Å². The second-order valence-electron chi connectivity index (χ2n) is 3.15. The summed E-state index contributed by atoms with van der Waals surface area (Å²) in [4.78, 5) is 12.5. The van der Waals surface area contributed by atoms with Crippen LogP contribution >= 0.6 is 0 Å². The summed E-state index contributed by atoms with van der Waals surface area (Å²) in [6, 6.07) is 0. The molecule has 0 aromatic carbocycles. The van der Waals surface area contributed by atoms with E-state index in [1.165, 1.54) is 12.9 Å². The molecular weight excluding hydrogens is 220 g/mol. The van der Waals surface area contributed by atoms with Crippen molar-refractivity contribution in [3.05, 3.63) is 43.5 Å². The summed E-state index contributed by atoms with van der Waals surface area (Å²) in [6.07, 6.45) is 8.55. The average Bonchev–Trinajstić information content (AvgIpc) is 2.68.